The molecule has 2 aromatic carbocycles. The Hall–Kier alpha value is -1.46. The van der Waals surface area contributed by atoms with Crippen LogP contribution in [-0.2, 0) is 17.9 Å². The van der Waals surface area contributed by atoms with Crippen molar-refractivity contribution >= 4 is 23.2 Å². The van der Waals surface area contributed by atoms with Gasteiger partial charge in [0, 0.05) is 35.9 Å². The minimum absolute atomic E-state index is 0.416. The number of unbranched alkanes of at least 4 members (excludes halogenated alkanes) is 1. The van der Waals surface area contributed by atoms with Gasteiger partial charge < -0.3 is 19.5 Å². The molecular formula is C22H29Cl2NO3. The summed E-state index contributed by atoms with van der Waals surface area (Å²) in [4.78, 5) is 0. The van der Waals surface area contributed by atoms with Crippen LogP contribution in [0, 0.1) is 0 Å². The molecule has 2 rings (SSSR count). The van der Waals surface area contributed by atoms with Crippen molar-refractivity contribution in [1.82, 2.24) is 5.32 Å². The van der Waals surface area contributed by atoms with Crippen molar-refractivity contribution < 1.29 is 14.2 Å². The topological polar surface area (TPSA) is 39.7 Å². The van der Waals surface area contributed by atoms with Gasteiger partial charge in [0.05, 0.1) is 7.11 Å². The molecule has 0 aliphatic heterocycles. The molecule has 4 nitrogen and oxygen atoms in total. The van der Waals surface area contributed by atoms with E-state index in [9.17, 15) is 0 Å². The average molecular weight is 426 g/mol. The Balaban J connectivity index is 1.83. The lowest BCUT2D eigenvalue weighted by Crippen LogP contribution is -2.17. The number of hydrogen-bond acceptors (Lipinski definition) is 4. The van der Waals surface area contributed by atoms with Crippen molar-refractivity contribution in [3.63, 3.8) is 0 Å². The molecule has 0 bridgehead atoms. The third-order valence-corrected chi connectivity index (χ3v) is 4.84. The summed E-state index contributed by atoms with van der Waals surface area (Å²) in [5.41, 5.74) is 2.00. The molecule has 0 unspecified atom stereocenters. The molecule has 1 N–H and O–H groups in total. The molecule has 0 aliphatic carbocycles. The highest BCUT2D eigenvalue weighted by Gasteiger charge is 2.11. The van der Waals surface area contributed by atoms with E-state index in [1.807, 2.05) is 30.3 Å². The molecule has 0 heterocycles. The monoisotopic (exact) mass is 425 g/mol. The van der Waals surface area contributed by atoms with E-state index < -0.39 is 0 Å². The van der Waals surface area contributed by atoms with E-state index in [0.29, 0.717) is 34.7 Å². The quantitative estimate of drug-likeness (QED) is 0.406. The first kappa shape index (κ1) is 22.8. The van der Waals surface area contributed by atoms with Crippen LogP contribution in [0.15, 0.2) is 36.4 Å². The summed E-state index contributed by atoms with van der Waals surface area (Å²) in [6, 6.07) is 11.3. The van der Waals surface area contributed by atoms with Gasteiger partial charge in [0.25, 0.3) is 0 Å². The number of halogens is 2. The summed E-state index contributed by atoms with van der Waals surface area (Å²) in [6.45, 7) is 5.75. The molecule has 154 valence electrons. The van der Waals surface area contributed by atoms with Gasteiger partial charge in [-0.1, -0.05) is 48.7 Å². The van der Waals surface area contributed by atoms with Gasteiger partial charge in [-0.25, -0.2) is 0 Å². The lowest BCUT2D eigenvalue weighted by Gasteiger charge is -2.14. The van der Waals surface area contributed by atoms with Gasteiger partial charge in [-0.3, -0.25) is 0 Å². The first-order valence-electron chi connectivity index (χ1n) is 9.66. The molecule has 0 fully saturated rings. The number of ether oxygens (including phenoxy) is 3. The first-order valence-corrected chi connectivity index (χ1v) is 10.4. The highest BCUT2D eigenvalue weighted by atomic mass is 35.5. The van der Waals surface area contributed by atoms with Gasteiger partial charge in [-0.2, -0.15) is 0 Å². The summed E-state index contributed by atoms with van der Waals surface area (Å²) >= 11 is 12.4. The van der Waals surface area contributed by atoms with Crippen LogP contribution in [0.4, 0.5) is 0 Å². The van der Waals surface area contributed by atoms with Crippen molar-refractivity contribution in [2.75, 3.05) is 26.9 Å². The van der Waals surface area contributed by atoms with Gasteiger partial charge in [-0.05, 0) is 48.7 Å². The second-order valence-corrected chi connectivity index (χ2v) is 7.35. The van der Waals surface area contributed by atoms with Crippen LogP contribution in [0.2, 0.25) is 10.0 Å². The molecule has 0 amide bonds. The smallest absolute Gasteiger partial charge is 0.163 e. The zero-order valence-electron chi connectivity index (χ0n) is 16.6. The predicted molar refractivity (Wildman–Crippen MR) is 116 cm³/mol. The van der Waals surface area contributed by atoms with E-state index in [-0.39, 0.29) is 0 Å². The van der Waals surface area contributed by atoms with Crippen molar-refractivity contribution in [2.45, 2.75) is 39.3 Å². The van der Waals surface area contributed by atoms with Gasteiger partial charge in [-0.15, -0.1) is 0 Å². The second-order valence-electron chi connectivity index (χ2n) is 6.51. The summed E-state index contributed by atoms with van der Waals surface area (Å²) in [6.07, 6.45) is 3.26. The third kappa shape index (κ3) is 7.88. The molecule has 0 atom stereocenters. The van der Waals surface area contributed by atoms with Crippen molar-refractivity contribution in [1.29, 1.82) is 0 Å². The molecule has 0 saturated carbocycles. The largest absolute Gasteiger partial charge is 0.493 e. The summed E-state index contributed by atoms with van der Waals surface area (Å²) in [5.74, 6) is 1.29. The van der Waals surface area contributed by atoms with Gasteiger partial charge in [0.15, 0.2) is 11.5 Å². The van der Waals surface area contributed by atoms with E-state index >= 15 is 0 Å². The van der Waals surface area contributed by atoms with Crippen LogP contribution < -0.4 is 14.8 Å². The van der Waals surface area contributed by atoms with E-state index in [1.54, 1.807) is 13.2 Å². The van der Waals surface area contributed by atoms with Gasteiger partial charge >= 0.3 is 0 Å². The zero-order valence-corrected chi connectivity index (χ0v) is 18.1. The molecule has 28 heavy (non-hydrogen) atoms. The lowest BCUT2D eigenvalue weighted by atomic mass is 10.2. The Kier molecular flexibility index (Phi) is 10.5. The molecule has 6 heteroatoms. The van der Waals surface area contributed by atoms with Crippen LogP contribution >= 0.6 is 23.2 Å². The number of benzene rings is 2. The number of methoxy groups -OCH3 is 1. The molecular weight excluding hydrogens is 397 g/mol. The molecule has 0 aromatic heterocycles. The first-order chi connectivity index (χ1) is 13.6. The van der Waals surface area contributed by atoms with Crippen LogP contribution in [0.1, 0.15) is 37.3 Å². The number of nitrogens with one attached hydrogen (secondary N) is 1. The fourth-order valence-electron chi connectivity index (χ4n) is 2.60. The predicted octanol–water partition coefficient (Wildman–Crippen LogP) is 5.88. The van der Waals surface area contributed by atoms with Crippen LogP contribution in [0.25, 0.3) is 0 Å². The molecule has 0 radical (unpaired) electrons. The maximum atomic E-state index is 6.44. The van der Waals surface area contributed by atoms with Crippen molar-refractivity contribution in [2.24, 2.45) is 0 Å². The summed E-state index contributed by atoms with van der Waals surface area (Å²) in [5, 5.41) is 4.75. The van der Waals surface area contributed by atoms with Crippen molar-refractivity contribution in [3.8, 4) is 11.5 Å². The Morgan fingerprint density at radius 2 is 1.71 bits per heavy atom. The molecule has 0 spiro atoms. The number of hydrogen-bond donors (Lipinski definition) is 1. The van der Waals surface area contributed by atoms with E-state index in [1.165, 1.54) is 0 Å². The van der Waals surface area contributed by atoms with Gasteiger partial charge in [0.2, 0.25) is 0 Å². The Morgan fingerprint density at radius 1 is 0.964 bits per heavy atom. The Morgan fingerprint density at radius 3 is 2.43 bits per heavy atom. The highest BCUT2D eigenvalue weighted by molar-refractivity contribution is 6.31. The van der Waals surface area contributed by atoms with E-state index in [0.717, 1.165) is 50.1 Å². The third-order valence-electron chi connectivity index (χ3n) is 4.24. The zero-order chi connectivity index (χ0) is 20.2. The Bertz CT molecular complexity index is 708. The standard InChI is InChI=1S/C22H29Cl2NO3/c1-3-4-11-27-12-5-10-25-15-18-13-21(26-2)22(14-20(18)24)28-16-17-6-8-19(23)9-7-17/h6-9,13-14,25H,3-5,10-12,15-16H2,1-2H3. The van der Waals surface area contributed by atoms with Crippen LogP contribution in [-0.4, -0.2) is 26.9 Å². The minimum Gasteiger partial charge on any atom is -0.493 e. The van der Waals surface area contributed by atoms with Gasteiger partial charge in [0.1, 0.15) is 6.61 Å². The molecule has 2 aromatic rings. The lowest BCUT2D eigenvalue weighted by molar-refractivity contribution is 0.129. The maximum absolute atomic E-state index is 6.44. The van der Waals surface area contributed by atoms with Crippen LogP contribution in [0.5, 0.6) is 11.5 Å². The number of rotatable bonds is 13. The van der Waals surface area contributed by atoms with E-state index in [4.69, 9.17) is 37.4 Å². The SMILES string of the molecule is CCCCOCCCNCc1cc(OC)c(OCc2ccc(Cl)cc2)cc1Cl. The second kappa shape index (κ2) is 12.9. The fraction of sp³-hybridized carbons (Fsp3) is 0.455. The maximum Gasteiger partial charge on any atom is 0.163 e. The summed E-state index contributed by atoms with van der Waals surface area (Å²) < 4.78 is 16.9. The van der Waals surface area contributed by atoms with Crippen molar-refractivity contribution in [3.05, 3.63) is 57.6 Å². The average Bonchev–Trinajstić information content (AvgIpc) is 2.70. The fourth-order valence-corrected chi connectivity index (χ4v) is 2.94. The Labute approximate surface area is 178 Å². The van der Waals surface area contributed by atoms with E-state index in [2.05, 4.69) is 12.2 Å². The highest BCUT2D eigenvalue weighted by Crippen LogP contribution is 2.34. The minimum atomic E-state index is 0.416. The normalized spacial score (nSPS) is 10.9. The van der Waals surface area contributed by atoms with Crippen LogP contribution in [0.3, 0.4) is 0 Å². The summed E-state index contributed by atoms with van der Waals surface area (Å²) in [7, 11) is 1.63. The molecule has 0 aliphatic rings. The molecule has 0 saturated heterocycles.